The minimum atomic E-state index is -0.531. The molecule has 0 radical (unpaired) electrons. The zero-order valence-electron chi connectivity index (χ0n) is 13.8. The number of nitro benzene ring substituents is 1. The molecule has 0 aromatic heterocycles. The summed E-state index contributed by atoms with van der Waals surface area (Å²) in [4.78, 5) is 24.5. The van der Waals surface area contributed by atoms with Crippen LogP contribution in [0.5, 0.6) is 0 Å². The van der Waals surface area contributed by atoms with Crippen molar-refractivity contribution >= 4 is 17.5 Å². The Morgan fingerprint density at radius 2 is 2.00 bits per heavy atom. The van der Waals surface area contributed by atoms with Crippen LogP contribution in [0.1, 0.15) is 39.2 Å². The first-order valence-electron chi connectivity index (χ1n) is 7.73. The number of ether oxygens (including phenoxy) is 1. The van der Waals surface area contributed by atoms with Gasteiger partial charge in [-0.25, -0.2) is 4.79 Å². The van der Waals surface area contributed by atoms with Gasteiger partial charge in [-0.05, 0) is 39.7 Å². The Labute approximate surface area is 135 Å². The van der Waals surface area contributed by atoms with Crippen molar-refractivity contribution in [2.45, 2.75) is 45.8 Å². The fourth-order valence-electron chi connectivity index (χ4n) is 2.55. The maximum absolute atomic E-state index is 11.8. The molecule has 1 amide bonds. The highest BCUT2D eigenvalue weighted by Crippen LogP contribution is 2.29. The number of nitro groups is 1. The number of nitrogens with one attached hydrogen (secondary N) is 1. The minimum Gasteiger partial charge on any atom is -0.445 e. The smallest absolute Gasteiger partial charge is 0.407 e. The molecule has 126 valence electrons. The van der Waals surface area contributed by atoms with Crippen molar-refractivity contribution < 1.29 is 14.5 Å². The van der Waals surface area contributed by atoms with Gasteiger partial charge in [-0.15, -0.1) is 0 Å². The van der Waals surface area contributed by atoms with E-state index >= 15 is 0 Å². The topological polar surface area (TPSA) is 84.7 Å². The predicted molar refractivity (Wildman–Crippen MR) is 87.6 cm³/mol. The van der Waals surface area contributed by atoms with Crippen molar-refractivity contribution in [2.24, 2.45) is 0 Å². The molecular formula is C16H23N3O4. The summed E-state index contributed by atoms with van der Waals surface area (Å²) >= 11 is 0. The Morgan fingerprint density at radius 1 is 1.35 bits per heavy atom. The number of anilines is 1. The van der Waals surface area contributed by atoms with E-state index in [1.807, 2.05) is 20.8 Å². The second-order valence-corrected chi connectivity index (χ2v) is 6.72. The second-order valence-electron chi connectivity index (χ2n) is 6.72. The molecule has 0 aliphatic carbocycles. The van der Waals surface area contributed by atoms with Crippen LogP contribution in [-0.4, -0.2) is 29.6 Å². The molecule has 0 saturated carbocycles. The number of benzene rings is 1. The SMILES string of the molecule is CC(C)(C)NC(=O)OCc1cc([N+](=O)[O-])ccc1N1CCCC1. The number of amides is 1. The first kappa shape index (κ1) is 17.1. The largest absolute Gasteiger partial charge is 0.445 e. The van der Waals surface area contributed by atoms with Crippen LogP contribution in [0.25, 0.3) is 0 Å². The number of alkyl carbamates (subject to hydrolysis) is 1. The van der Waals surface area contributed by atoms with Gasteiger partial charge in [0.05, 0.1) is 4.92 Å². The Hall–Kier alpha value is -2.31. The first-order valence-corrected chi connectivity index (χ1v) is 7.73. The van der Waals surface area contributed by atoms with Crippen LogP contribution in [0, 0.1) is 10.1 Å². The summed E-state index contributed by atoms with van der Waals surface area (Å²) in [6.45, 7) is 7.42. The Kier molecular flexibility index (Phi) is 5.08. The van der Waals surface area contributed by atoms with Gasteiger partial charge in [0.2, 0.25) is 0 Å². The molecule has 1 aromatic rings. The lowest BCUT2D eigenvalue weighted by atomic mass is 10.1. The molecule has 1 saturated heterocycles. The summed E-state index contributed by atoms with van der Waals surface area (Å²) in [6.07, 6.45) is 1.67. The van der Waals surface area contributed by atoms with Gasteiger partial charge in [0.1, 0.15) is 6.61 Å². The van der Waals surface area contributed by atoms with E-state index in [4.69, 9.17) is 4.74 Å². The molecule has 7 nitrogen and oxygen atoms in total. The Bertz CT molecular complexity index is 589. The summed E-state index contributed by atoms with van der Waals surface area (Å²) in [6, 6.07) is 4.72. The Morgan fingerprint density at radius 3 is 2.57 bits per heavy atom. The molecule has 0 atom stereocenters. The zero-order valence-corrected chi connectivity index (χ0v) is 13.8. The summed E-state index contributed by atoms with van der Waals surface area (Å²) < 4.78 is 5.24. The number of non-ortho nitro benzene ring substituents is 1. The number of carbonyl (C=O) groups is 1. The van der Waals surface area contributed by atoms with Crippen LogP contribution in [-0.2, 0) is 11.3 Å². The normalized spacial score (nSPS) is 14.7. The van der Waals surface area contributed by atoms with Gasteiger partial charge in [0.25, 0.3) is 5.69 Å². The number of hydrogen-bond donors (Lipinski definition) is 1. The van der Waals surface area contributed by atoms with Crippen molar-refractivity contribution in [3.05, 3.63) is 33.9 Å². The average Bonchev–Trinajstić information content (AvgIpc) is 2.96. The molecule has 0 bridgehead atoms. The van der Waals surface area contributed by atoms with E-state index in [2.05, 4.69) is 10.2 Å². The number of carbonyl (C=O) groups excluding carboxylic acids is 1. The lowest BCUT2D eigenvalue weighted by Gasteiger charge is -2.23. The third-order valence-electron chi connectivity index (χ3n) is 3.56. The predicted octanol–water partition coefficient (Wildman–Crippen LogP) is 3.22. The van der Waals surface area contributed by atoms with E-state index in [0.717, 1.165) is 31.6 Å². The first-order chi connectivity index (χ1) is 10.8. The molecule has 1 aliphatic heterocycles. The van der Waals surface area contributed by atoms with Gasteiger partial charge in [-0.1, -0.05) is 0 Å². The quantitative estimate of drug-likeness (QED) is 0.680. The van der Waals surface area contributed by atoms with Crippen LogP contribution in [0.2, 0.25) is 0 Å². The zero-order chi connectivity index (χ0) is 17.0. The molecule has 1 fully saturated rings. The molecule has 1 N–H and O–H groups in total. The third-order valence-corrected chi connectivity index (χ3v) is 3.56. The fraction of sp³-hybridized carbons (Fsp3) is 0.562. The van der Waals surface area contributed by atoms with Gasteiger partial charge in [-0.2, -0.15) is 0 Å². The minimum absolute atomic E-state index is 0.00257. The van der Waals surface area contributed by atoms with Gasteiger partial charge in [0.15, 0.2) is 0 Å². The van der Waals surface area contributed by atoms with E-state index in [1.54, 1.807) is 6.07 Å². The van der Waals surface area contributed by atoms with E-state index in [-0.39, 0.29) is 12.3 Å². The molecule has 0 spiro atoms. The monoisotopic (exact) mass is 321 g/mol. The van der Waals surface area contributed by atoms with Crippen LogP contribution in [0.4, 0.5) is 16.2 Å². The third kappa shape index (κ3) is 4.84. The summed E-state index contributed by atoms with van der Waals surface area (Å²) in [5, 5.41) is 13.7. The van der Waals surface area contributed by atoms with Crippen molar-refractivity contribution in [2.75, 3.05) is 18.0 Å². The molecule has 1 aliphatic rings. The van der Waals surface area contributed by atoms with Crippen molar-refractivity contribution in [1.29, 1.82) is 0 Å². The maximum atomic E-state index is 11.8. The number of nitrogens with zero attached hydrogens (tertiary/aromatic N) is 2. The summed E-state index contributed by atoms with van der Waals surface area (Å²) in [5.41, 5.74) is 1.17. The standard InChI is InChI=1S/C16H23N3O4/c1-16(2,3)17-15(20)23-11-12-10-13(19(21)22)6-7-14(12)18-8-4-5-9-18/h6-7,10H,4-5,8-9,11H2,1-3H3,(H,17,20). The molecule has 2 rings (SSSR count). The highest BCUT2D eigenvalue weighted by Gasteiger charge is 2.20. The van der Waals surface area contributed by atoms with Gasteiger partial charge in [0, 0.05) is 42.0 Å². The van der Waals surface area contributed by atoms with E-state index in [1.165, 1.54) is 12.1 Å². The molecule has 0 unspecified atom stereocenters. The van der Waals surface area contributed by atoms with Crippen LogP contribution < -0.4 is 10.2 Å². The summed E-state index contributed by atoms with van der Waals surface area (Å²) in [5.74, 6) is 0. The van der Waals surface area contributed by atoms with Crippen LogP contribution in [0.15, 0.2) is 18.2 Å². The summed E-state index contributed by atoms with van der Waals surface area (Å²) in [7, 11) is 0. The van der Waals surface area contributed by atoms with E-state index in [9.17, 15) is 14.9 Å². The second kappa shape index (κ2) is 6.85. The lowest BCUT2D eigenvalue weighted by Crippen LogP contribution is -2.40. The van der Waals surface area contributed by atoms with Crippen molar-refractivity contribution in [3.8, 4) is 0 Å². The molecular weight excluding hydrogens is 298 g/mol. The fourth-order valence-corrected chi connectivity index (χ4v) is 2.55. The molecule has 1 aromatic carbocycles. The number of hydrogen-bond acceptors (Lipinski definition) is 5. The lowest BCUT2D eigenvalue weighted by molar-refractivity contribution is -0.384. The Balaban J connectivity index is 2.15. The highest BCUT2D eigenvalue weighted by atomic mass is 16.6. The highest BCUT2D eigenvalue weighted by molar-refractivity contribution is 5.68. The molecule has 7 heteroatoms. The molecule has 23 heavy (non-hydrogen) atoms. The number of rotatable bonds is 4. The van der Waals surface area contributed by atoms with Crippen LogP contribution in [0.3, 0.4) is 0 Å². The van der Waals surface area contributed by atoms with Gasteiger partial charge >= 0.3 is 6.09 Å². The van der Waals surface area contributed by atoms with Crippen LogP contribution >= 0.6 is 0 Å². The van der Waals surface area contributed by atoms with Crippen molar-refractivity contribution in [3.63, 3.8) is 0 Å². The van der Waals surface area contributed by atoms with Gasteiger partial charge in [-0.3, -0.25) is 10.1 Å². The average molecular weight is 321 g/mol. The van der Waals surface area contributed by atoms with Crippen molar-refractivity contribution in [1.82, 2.24) is 5.32 Å². The maximum Gasteiger partial charge on any atom is 0.407 e. The van der Waals surface area contributed by atoms with Gasteiger partial charge < -0.3 is 15.0 Å². The molecule has 1 heterocycles. The van der Waals surface area contributed by atoms with E-state index in [0.29, 0.717) is 5.56 Å². The van der Waals surface area contributed by atoms with E-state index < -0.39 is 16.6 Å².